The van der Waals surface area contributed by atoms with Crippen LogP contribution in [0.4, 0.5) is 32.2 Å². The molecule has 0 atom stereocenters. The van der Waals surface area contributed by atoms with Crippen LogP contribution in [0.25, 0.3) is 10.9 Å². The molecule has 2 aromatic carbocycles. The molecule has 0 amide bonds. The standard InChI is InChI=1S/C29H33F6N7/c1-3-41(16-19-8-4-5-9-19)26-22(14-21-10-6-7-11-25(21)38-26)18-42(27(36)39-40-37-2)17-20-12-23(28(30,31)32)15-24(13-20)29(33,34)35/h6-7,10-15,19H,3-5,8-9,16-18H2,1-2H3,(H2,36,37,39). The molecule has 0 saturated heterocycles. The van der Waals surface area contributed by atoms with Gasteiger partial charge in [-0.1, -0.05) is 41.4 Å². The highest BCUT2D eigenvalue weighted by molar-refractivity contribution is 5.82. The number of guanidine groups is 1. The Bertz CT molecular complexity index is 1380. The number of pyridine rings is 1. The maximum Gasteiger partial charge on any atom is 0.416 e. The summed E-state index contributed by atoms with van der Waals surface area (Å²) >= 11 is 0. The summed E-state index contributed by atoms with van der Waals surface area (Å²) in [6, 6.07) is 10.8. The van der Waals surface area contributed by atoms with Crippen LogP contribution in [0, 0.1) is 11.3 Å². The molecule has 1 aliphatic rings. The molecule has 1 heterocycles. The molecule has 1 saturated carbocycles. The minimum absolute atomic E-state index is 0.0481. The Morgan fingerprint density at radius 1 is 0.976 bits per heavy atom. The van der Waals surface area contributed by atoms with Crippen LogP contribution in [0.3, 0.4) is 0 Å². The molecular weight excluding hydrogens is 560 g/mol. The highest BCUT2D eigenvalue weighted by Gasteiger charge is 2.37. The first-order valence-electron chi connectivity index (χ1n) is 13.7. The van der Waals surface area contributed by atoms with Crippen molar-refractivity contribution in [3.63, 3.8) is 0 Å². The van der Waals surface area contributed by atoms with Crippen LogP contribution < -0.4 is 10.3 Å². The van der Waals surface area contributed by atoms with Crippen molar-refractivity contribution in [2.75, 3.05) is 25.0 Å². The van der Waals surface area contributed by atoms with Crippen molar-refractivity contribution in [3.8, 4) is 0 Å². The number of fused-ring (bicyclic) bond motifs is 1. The third-order valence-electron chi connectivity index (χ3n) is 7.34. The third-order valence-corrected chi connectivity index (χ3v) is 7.34. The number of para-hydroxylation sites is 1. The molecular formula is C29H33F6N7. The highest BCUT2D eigenvalue weighted by atomic mass is 19.4. The Balaban J connectivity index is 1.78. The maximum atomic E-state index is 13.6. The highest BCUT2D eigenvalue weighted by Crippen LogP contribution is 2.37. The van der Waals surface area contributed by atoms with Crippen LogP contribution in [-0.2, 0) is 25.4 Å². The third kappa shape index (κ3) is 7.68. The lowest BCUT2D eigenvalue weighted by Gasteiger charge is -2.30. The molecule has 226 valence electrons. The summed E-state index contributed by atoms with van der Waals surface area (Å²) in [4.78, 5) is 8.37. The Labute approximate surface area is 240 Å². The molecule has 4 rings (SSSR count). The van der Waals surface area contributed by atoms with Gasteiger partial charge in [0.05, 0.1) is 16.6 Å². The summed E-state index contributed by atoms with van der Waals surface area (Å²) in [7, 11) is 1.46. The van der Waals surface area contributed by atoms with Gasteiger partial charge < -0.3 is 9.80 Å². The maximum absolute atomic E-state index is 13.6. The van der Waals surface area contributed by atoms with Crippen LogP contribution >= 0.6 is 0 Å². The van der Waals surface area contributed by atoms with Gasteiger partial charge in [0.25, 0.3) is 0 Å². The summed E-state index contributed by atoms with van der Waals surface area (Å²) in [5.74, 6) is 0.718. The van der Waals surface area contributed by atoms with Crippen LogP contribution in [0.5, 0.6) is 0 Å². The van der Waals surface area contributed by atoms with Crippen LogP contribution in [0.1, 0.15) is 54.9 Å². The number of hydrogen-bond acceptors (Lipinski definition) is 4. The molecule has 0 bridgehead atoms. The molecule has 13 heteroatoms. The monoisotopic (exact) mass is 593 g/mol. The summed E-state index contributed by atoms with van der Waals surface area (Å²) < 4.78 is 81.4. The SMILES string of the molecule is CCN(CC1CCCC1)c1nc2ccccc2cc1CN(Cc1cc(C(F)(F)F)cc(C(F)(F)F)c1)C(=N)/N=N\NC. The van der Waals surface area contributed by atoms with Gasteiger partial charge in [0.1, 0.15) is 5.82 Å². The lowest BCUT2D eigenvalue weighted by atomic mass is 10.0. The number of nitrogens with zero attached hydrogens (tertiary/aromatic N) is 5. The Morgan fingerprint density at radius 2 is 1.62 bits per heavy atom. The van der Waals surface area contributed by atoms with E-state index in [0.29, 0.717) is 36.0 Å². The summed E-state index contributed by atoms with van der Waals surface area (Å²) in [6.07, 6.45) is -5.43. The number of hydrogen-bond donors (Lipinski definition) is 2. The summed E-state index contributed by atoms with van der Waals surface area (Å²) in [5, 5.41) is 16.7. The predicted molar refractivity (Wildman–Crippen MR) is 149 cm³/mol. The average molecular weight is 594 g/mol. The van der Waals surface area contributed by atoms with Crippen molar-refractivity contribution in [2.24, 2.45) is 16.3 Å². The van der Waals surface area contributed by atoms with Crippen molar-refractivity contribution >= 4 is 22.7 Å². The Morgan fingerprint density at radius 3 is 2.21 bits per heavy atom. The molecule has 7 nitrogen and oxygen atoms in total. The van der Waals surface area contributed by atoms with E-state index < -0.39 is 36.0 Å². The van der Waals surface area contributed by atoms with Crippen LogP contribution in [0.15, 0.2) is 58.9 Å². The molecule has 42 heavy (non-hydrogen) atoms. The molecule has 1 fully saturated rings. The van der Waals surface area contributed by atoms with Gasteiger partial charge in [-0.15, -0.1) is 0 Å². The predicted octanol–water partition coefficient (Wildman–Crippen LogP) is 7.81. The lowest BCUT2D eigenvalue weighted by Crippen LogP contribution is -2.33. The molecule has 0 aliphatic heterocycles. The Hall–Kier alpha value is -3.90. The fourth-order valence-electron chi connectivity index (χ4n) is 5.31. The minimum Gasteiger partial charge on any atom is -0.356 e. The van der Waals surface area contributed by atoms with E-state index in [-0.39, 0.29) is 18.2 Å². The summed E-state index contributed by atoms with van der Waals surface area (Å²) in [5.41, 5.74) is 0.731. The summed E-state index contributed by atoms with van der Waals surface area (Å²) in [6.45, 7) is 2.93. The van der Waals surface area contributed by atoms with Gasteiger partial charge in [-0.25, -0.2) is 4.98 Å². The zero-order valence-corrected chi connectivity index (χ0v) is 23.4. The normalized spacial score (nSPS) is 14.6. The van der Waals surface area contributed by atoms with E-state index in [2.05, 4.69) is 20.7 Å². The molecule has 3 aromatic rings. The van der Waals surface area contributed by atoms with Gasteiger partial charge >= 0.3 is 12.4 Å². The van der Waals surface area contributed by atoms with Gasteiger partial charge in [0.15, 0.2) is 0 Å². The number of halogens is 6. The molecule has 1 aliphatic carbocycles. The largest absolute Gasteiger partial charge is 0.416 e. The van der Waals surface area contributed by atoms with E-state index in [1.54, 1.807) is 0 Å². The fraction of sp³-hybridized carbons (Fsp3) is 0.448. The van der Waals surface area contributed by atoms with E-state index in [0.717, 1.165) is 30.3 Å². The second-order valence-corrected chi connectivity index (χ2v) is 10.4. The van der Waals surface area contributed by atoms with Crippen molar-refractivity contribution in [1.29, 1.82) is 5.41 Å². The zero-order valence-electron chi connectivity index (χ0n) is 23.4. The number of benzene rings is 2. The smallest absolute Gasteiger partial charge is 0.356 e. The van der Waals surface area contributed by atoms with Crippen molar-refractivity contribution < 1.29 is 26.3 Å². The van der Waals surface area contributed by atoms with E-state index >= 15 is 0 Å². The quantitative estimate of drug-likeness (QED) is 0.0872. The number of anilines is 1. The molecule has 0 unspecified atom stereocenters. The first-order valence-corrected chi connectivity index (χ1v) is 13.7. The first kappa shape index (κ1) is 31.0. The van der Waals surface area contributed by atoms with Crippen molar-refractivity contribution in [2.45, 2.75) is 58.0 Å². The zero-order chi connectivity index (χ0) is 30.5. The number of aromatic nitrogens is 1. The van der Waals surface area contributed by atoms with Gasteiger partial charge in [-0.05, 0) is 61.6 Å². The number of alkyl halides is 6. The molecule has 2 N–H and O–H groups in total. The minimum atomic E-state index is -4.99. The van der Waals surface area contributed by atoms with E-state index in [4.69, 9.17) is 10.4 Å². The number of nitrogens with one attached hydrogen (secondary N) is 2. The number of rotatable bonds is 9. The molecule has 1 aromatic heterocycles. The van der Waals surface area contributed by atoms with E-state index in [1.807, 2.05) is 37.3 Å². The van der Waals surface area contributed by atoms with Gasteiger partial charge in [0, 0.05) is 44.2 Å². The van der Waals surface area contributed by atoms with Gasteiger partial charge in [-0.3, -0.25) is 10.8 Å². The van der Waals surface area contributed by atoms with E-state index in [1.165, 1.54) is 24.8 Å². The van der Waals surface area contributed by atoms with Gasteiger partial charge in [0.2, 0.25) is 5.96 Å². The first-order chi connectivity index (χ1) is 19.9. The van der Waals surface area contributed by atoms with E-state index in [9.17, 15) is 26.3 Å². The topological polar surface area (TPSA) is 80.0 Å². The van der Waals surface area contributed by atoms with Crippen LogP contribution in [-0.4, -0.2) is 36.0 Å². The molecule has 0 spiro atoms. The second-order valence-electron chi connectivity index (χ2n) is 10.4. The fourth-order valence-corrected chi connectivity index (χ4v) is 5.31. The van der Waals surface area contributed by atoms with Crippen molar-refractivity contribution in [1.82, 2.24) is 15.3 Å². The Kier molecular flexibility index (Phi) is 9.57. The molecule has 0 radical (unpaired) electrons. The van der Waals surface area contributed by atoms with Gasteiger partial charge in [-0.2, -0.15) is 26.3 Å². The average Bonchev–Trinajstić information content (AvgIpc) is 3.46. The lowest BCUT2D eigenvalue weighted by molar-refractivity contribution is -0.143. The second kappa shape index (κ2) is 13.0. The van der Waals surface area contributed by atoms with Crippen molar-refractivity contribution in [3.05, 3.63) is 70.8 Å². The van der Waals surface area contributed by atoms with Crippen LogP contribution in [0.2, 0.25) is 0 Å².